The Morgan fingerprint density at radius 1 is 1.45 bits per heavy atom. The lowest BCUT2D eigenvalue weighted by molar-refractivity contribution is -0.702. The normalized spacial score (nSPS) is 11.9. The van der Waals surface area contributed by atoms with Crippen molar-refractivity contribution >= 4 is 19.4 Å². The lowest BCUT2D eigenvalue weighted by Crippen LogP contribution is -2.37. The molecule has 2 N–H and O–H groups in total. The molecule has 9 nitrogen and oxygen atoms in total. The van der Waals surface area contributed by atoms with E-state index in [1.165, 1.54) is 10.9 Å². The van der Waals surface area contributed by atoms with Gasteiger partial charge in [0.05, 0.1) is 0 Å². The number of fused-ring (bicyclic) bond motifs is 1. The molecule has 2 aromatic heterocycles. The topological polar surface area (TPSA) is 128 Å². The molecule has 0 aliphatic rings. The predicted molar refractivity (Wildman–Crippen MR) is 59.6 cm³/mol. The molecule has 0 aliphatic heterocycles. The Morgan fingerprint density at radius 2 is 2.05 bits per heavy atom. The first-order chi connectivity index (χ1) is 10.0. The number of nitrogens with zero attached hydrogens (tertiary/aromatic N) is 3. The third-order valence-electron chi connectivity index (χ3n) is 2.02. The smallest absolute Gasteiger partial charge is 0.472 e. The lowest BCUT2D eigenvalue weighted by atomic mass is 10.5. The molecule has 2 aromatic rings. The van der Waals surface area contributed by atoms with E-state index in [0.717, 1.165) is 0 Å². The first-order valence-corrected chi connectivity index (χ1v) is 6.84. The largest absolute Gasteiger partial charge is 0.542 e. The van der Waals surface area contributed by atoms with Crippen molar-refractivity contribution in [1.29, 1.82) is 0 Å². The molecule has 0 radical (unpaired) electrons. The number of carboxylic acid groups (broad SMARTS) is 1. The third-order valence-corrected chi connectivity index (χ3v) is 2.48. The Balaban J connectivity index is 0.000000295. The van der Waals surface area contributed by atoms with Crippen LogP contribution in [-0.2, 0) is 20.6 Å². The summed E-state index contributed by atoms with van der Waals surface area (Å²) in [7, 11) is -4.44. The van der Waals surface area contributed by atoms with Gasteiger partial charge in [0, 0.05) is 11.2 Å². The highest BCUT2D eigenvalue weighted by atomic mass is 31.2. The lowest BCUT2D eigenvalue weighted by Gasteiger charge is -2.03. The van der Waals surface area contributed by atoms with Gasteiger partial charge >= 0.3 is 14.0 Å². The molecule has 122 valence electrons. The number of pyridine rings is 1. The fourth-order valence-electron chi connectivity index (χ4n) is 1.16. The summed E-state index contributed by atoms with van der Waals surface area (Å²) in [5.41, 5.74) is 0.686. The van der Waals surface area contributed by atoms with Gasteiger partial charge in [-0.25, -0.2) is 9.13 Å². The summed E-state index contributed by atoms with van der Waals surface area (Å²) in [6.45, 7) is -0.238. The van der Waals surface area contributed by atoms with E-state index in [-0.39, 0.29) is 6.73 Å². The first-order valence-electron chi connectivity index (χ1n) is 5.31. The summed E-state index contributed by atoms with van der Waals surface area (Å²) in [5.74, 6) is -3.01. The van der Waals surface area contributed by atoms with E-state index < -0.39 is 20.0 Å². The van der Waals surface area contributed by atoms with Crippen LogP contribution in [0.15, 0.2) is 30.7 Å². The maximum absolute atomic E-state index is 10.5. The molecule has 0 atom stereocenters. The molecular formula is C9H9F3N3O6P. The quantitative estimate of drug-likeness (QED) is 0.540. The van der Waals surface area contributed by atoms with Gasteiger partial charge in [0.25, 0.3) is 12.0 Å². The third kappa shape index (κ3) is 5.77. The number of phosphoric ester groups is 1. The van der Waals surface area contributed by atoms with Crippen molar-refractivity contribution in [2.75, 3.05) is 0 Å². The van der Waals surface area contributed by atoms with Crippen molar-refractivity contribution < 1.29 is 46.5 Å². The minimum absolute atomic E-state index is 0.238. The molecule has 0 spiro atoms. The number of alkyl halides is 3. The molecule has 22 heavy (non-hydrogen) atoms. The highest BCUT2D eigenvalue weighted by Gasteiger charge is 2.28. The van der Waals surface area contributed by atoms with Gasteiger partial charge in [0.1, 0.15) is 12.2 Å². The van der Waals surface area contributed by atoms with Crippen molar-refractivity contribution in [2.24, 2.45) is 0 Å². The number of carboxylic acids is 1. The zero-order valence-electron chi connectivity index (χ0n) is 10.5. The van der Waals surface area contributed by atoms with Crippen LogP contribution >= 0.6 is 7.82 Å². The molecule has 0 saturated carbocycles. The fraction of sp³-hybridized carbons (Fsp3) is 0.222. The first kappa shape index (κ1) is 18.0. The summed E-state index contributed by atoms with van der Waals surface area (Å²) < 4.78 is 49.5. The van der Waals surface area contributed by atoms with E-state index in [2.05, 4.69) is 9.62 Å². The van der Waals surface area contributed by atoms with Gasteiger partial charge in [-0.1, -0.05) is 10.6 Å². The summed E-state index contributed by atoms with van der Waals surface area (Å²) in [6.07, 6.45) is -2.03. The Hall–Kier alpha value is -2.01. The zero-order chi connectivity index (χ0) is 17.0. The molecule has 13 heteroatoms. The molecule has 0 bridgehead atoms. The van der Waals surface area contributed by atoms with E-state index in [4.69, 9.17) is 19.7 Å². The van der Waals surface area contributed by atoms with Crippen LogP contribution in [0, 0.1) is 0 Å². The minimum atomic E-state index is -5.19. The molecule has 0 saturated heterocycles. The number of aliphatic carboxylic acids is 1. The van der Waals surface area contributed by atoms with E-state index in [1.807, 2.05) is 0 Å². The van der Waals surface area contributed by atoms with Crippen LogP contribution in [0.25, 0.3) is 5.65 Å². The summed E-state index contributed by atoms with van der Waals surface area (Å²) in [4.78, 5) is 25.9. The zero-order valence-corrected chi connectivity index (χ0v) is 11.4. The molecule has 0 amide bonds. The Morgan fingerprint density at radius 3 is 2.55 bits per heavy atom. The molecular weight excluding hydrogens is 334 g/mol. The second-order valence-corrected chi connectivity index (χ2v) is 4.88. The van der Waals surface area contributed by atoms with Crippen molar-refractivity contribution in [3.63, 3.8) is 0 Å². The van der Waals surface area contributed by atoms with Gasteiger partial charge < -0.3 is 19.7 Å². The standard InChI is InChI=1S/C7H8N3O4P.C2HF3O2/c11-15(12,13)14-6-9-5-8-10-4-2-1-3-7(9)10;3-2(4,5)1(6)7/h1-5H,6H2,(H-,11,12,13);(H,6,7). The van der Waals surface area contributed by atoms with Gasteiger partial charge in [-0.05, 0) is 6.07 Å². The number of carbonyl (C=O) groups is 1. The fourth-order valence-corrected chi connectivity index (χ4v) is 1.44. The Bertz CT molecular complexity index is 697. The SMILES string of the molecule is O=C([O-])C(F)(F)F.O=P(O)(O)OC[n+]1cnn2ccccc21. The average Bonchev–Trinajstić information content (AvgIpc) is 2.78. The van der Waals surface area contributed by atoms with Crippen molar-refractivity contribution in [2.45, 2.75) is 12.9 Å². The van der Waals surface area contributed by atoms with E-state index in [0.29, 0.717) is 5.65 Å². The number of hydrogen-bond acceptors (Lipinski definition) is 5. The average molecular weight is 343 g/mol. The van der Waals surface area contributed by atoms with Crippen LogP contribution in [0.3, 0.4) is 0 Å². The number of hydrogen-bond donors (Lipinski definition) is 2. The predicted octanol–water partition coefficient (Wildman–Crippen LogP) is -1.01. The van der Waals surface area contributed by atoms with Crippen LogP contribution in [0.2, 0.25) is 0 Å². The molecule has 0 fully saturated rings. The maximum atomic E-state index is 10.5. The van der Waals surface area contributed by atoms with Crippen molar-refractivity contribution in [1.82, 2.24) is 9.61 Å². The highest BCUT2D eigenvalue weighted by molar-refractivity contribution is 7.46. The van der Waals surface area contributed by atoms with Gasteiger partial charge in [0.15, 0.2) is 6.73 Å². The molecule has 2 rings (SSSR count). The van der Waals surface area contributed by atoms with E-state index >= 15 is 0 Å². The van der Waals surface area contributed by atoms with Crippen LogP contribution in [0.5, 0.6) is 0 Å². The minimum Gasteiger partial charge on any atom is -0.542 e. The molecule has 2 heterocycles. The number of carbonyl (C=O) groups excluding carboxylic acids is 1. The van der Waals surface area contributed by atoms with Gasteiger partial charge in [-0.2, -0.15) is 13.2 Å². The van der Waals surface area contributed by atoms with Crippen LogP contribution in [0.1, 0.15) is 0 Å². The second kappa shape index (κ2) is 6.83. The summed E-state index contributed by atoms with van der Waals surface area (Å²) in [5, 5.41) is 12.8. The van der Waals surface area contributed by atoms with E-state index in [1.54, 1.807) is 28.9 Å². The van der Waals surface area contributed by atoms with Crippen molar-refractivity contribution in [3.05, 3.63) is 30.7 Å². The Labute approximate surface area is 120 Å². The summed E-state index contributed by atoms with van der Waals surface area (Å²) >= 11 is 0. The number of halogens is 3. The van der Waals surface area contributed by atoms with Crippen molar-refractivity contribution in [3.8, 4) is 0 Å². The monoisotopic (exact) mass is 343 g/mol. The number of rotatable bonds is 3. The van der Waals surface area contributed by atoms with Gasteiger partial charge in [-0.15, -0.1) is 0 Å². The molecule has 0 aliphatic carbocycles. The van der Waals surface area contributed by atoms with Crippen LogP contribution in [-0.4, -0.2) is 31.5 Å². The van der Waals surface area contributed by atoms with E-state index in [9.17, 15) is 17.7 Å². The maximum Gasteiger partial charge on any atom is 0.472 e. The Kier molecular flexibility index (Phi) is 5.60. The number of aromatic nitrogens is 3. The molecule has 0 aromatic carbocycles. The highest BCUT2D eigenvalue weighted by Crippen LogP contribution is 2.35. The van der Waals surface area contributed by atoms with Crippen LogP contribution < -0.4 is 9.67 Å². The van der Waals surface area contributed by atoms with Crippen LogP contribution in [0.4, 0.5) is 13.2 Å². The summed E-state index contributed by atoms with van der Waals surface area (Å²) in [6, 6.07) is 5.36. The number of phosphoric acid groups is 1. The molecule has 0 unspecified atom stereocenters. The second-order valence-electron chi connectivity index (χ2n) is 3.64. The van der Waals surface area contributed by atoms with Gasteiger partial charge in [-0.3, -0.25) is 4.52 Å². The van der Waals surface area contributed by atoms with Gasteiger partial charge in [0.2, 0.25) is 0 Å².